The van der Waals surface area contributed by atoms with Gasteiger partial charge in [0.05, 0.1) is 6.04 Å². The van der Waals surface area contributed by atoms with Crippen molar-refractivity contribution in [2.24, 2.45) is 5.73 Å². The van der Waals surface area contributed by atoms with E-state index in [2.05, 4.69) is 30.1 Å². The fraction of sp³-hybridized carbons (Fsp3) is 0.208. The number of nitrogens with zero attached hydrogens (tertiary/aromatic N) is 2. The van der Waals surface area contributed by atoms with Gasteiger partial charge >= 0.3 is 0 Å². The predicted molar refractivity (Wildman–Crippen MR) is 111 cm³/mol. The fourth-order valence-corrected chi connectivity index (χ4v) is 4.09. The Balaban J connectivity index is 1.76. The van der Waals surface area contributed by atoms with Crippen molar-refractivity contribution in [3.05, 3.63) is 100 Å². The largest absolute Gasteiger partial charge is 0.364 e. The molecule has 29 heavy (non-hydrogen) atoms. The Hall–Kier alpha value is -3.47. The number of amides is 2. The summed E-state index contributed by atoms with van der Waals surface area (Å²) in [6, 6.07) is 19.2. The third kappa shape index (κ3) is 3.76. The molecule has 1 atom stereocenters. The number of carbonyl (C=O) groups excluding carboxylic acids is 2. The van der Waals surface area contributed by atoms with Gasteiger partial charge in [0.1, 0.15) is 5.69 Å². The van der Waals surface area contributed by atoms with E-state index in [9.17, 15) is 9.59 Å². The lowest BCUT2D eigenvalue weighted by molar-refractivity contribution is 0.0656. The first kappa shape index (κ1) is 18.9. The molecule has 1 heterocycles. The molecule has 0 aliphatic heterocycles. The van der Waals surface area contributed by atoms with Crippen LogP contribution >= 0.6 is 0 Å². The first-order valence-electron chi connectivity index (χ1n) is 9.73. The molecule has 4 rings (SSSR count). The maximum Gasteiger partial charge on any atom is 0.267 e. The van der Waals surface area contributed by atoms with Gasteiger partial charge in [0.2, 0.25) is 0 Å². The Kier molecular flexibility index (Phi) is 5.12. The number of benzene rings is 2. The molecule has 2 N–H and O–H groups in total. The van der Waals surface area contributed by atoms with E-state index in [-0.39, 0.29) is 24.2 Å². The maximum absolute atomic E-state index is 13.5. The third-order valence-corrected chi connectivity index (χ3v) is 5.47. The van der Waals surface area contributed by atoms with Gasteiger partial charge in [0.25, 0.3) is 11.8 Å². The summed E-state index contributed by atoms with van der Waals surface area (Å²) >= 11 is 0. The lowest BCUT2D eigenvalue weighted by atomic mass is 10.0. The molecular formula is C24H23N3O2. The van der Waals surface area contributed by atoms with Crippen molar-refractivity contribution < 1.29 is 9.59 Å². The molecule has 1 aliphatic carbocycles. The average molecular weight is 385 g/mol. The number of rotatable bonds is 5. The number of pyridine rings is 1. The van der Waals surface area contributed by atoms with E-state index in [0.29, 0.717) is 11.1 Å². The van der Waals surface area contributed by atoms with Crippen LogP contribution in [0.4, 0.5) is 0 Å². The van der Waals surface area contributed by atoms with Crippen molar-refractivity contribution >= 4 is 11.8 Å². The minimum Gasteiger partial charge on any atom is -0.364 e. The lowest BCUT2D eigenvalue weighted by Gasteiger charge is -2.30. The third-order valence-electron chi connectivity index (χ3n) is 5.47. The summed E-state index contributed by atoms with van der Waals surface area (Å²) in [5.41, 5.74) is 10.7. The molecule has 0 bridgehead atoms. The molecule has 3 aromatic rings. The highest BCUT2D eigenvalue weighted by Crippen LogP contribution is 2.38. The van der Waals surface area contributed by atoms with E-state index < -0.39 is 5.91 Å². The maximum atomic E-state index is 13.5. The Labute approximate surface area is 170 Å². The molecule has 1 aromatic heterocycles. The van der Waals surface area contributed by atoms with Crippen LogP contribution in [0.3, 0.4) is 0 Å². The van der Waals surface area contributed by atoms with Gasteiger partial charge in [-0.3, -0.25) is 14.6 Å². The van der Waals surface area contributed by atoms with Gasteiger partial charge in [-0.05, 0) is 49.1 Å². The molecule has 2 amide bonds. The van der Waals surface area contributed by atoms with Crippen molar-refractivity contribution in [3.63, 3.8) is 0 Å². The van der Waals surface area contributed by atoms with E-state index in [0.717, 1.165) is 12.8 Å². The van der Waals surface area contributed by atoms with E-state index in [1.54, 1.807) is 12.3 Å². The van der Waals surface area contributed by atoms with Crippen molar-refractivity contribution in [2.45, 2.75) is 32.4 Å². The number of hydrogen-bond acceptors (Lipinski definition) is 3. The standard InChI is InChI=1S/C24H23N3O2/c1-16-9-11-20-18(14-16)10-12-21(20)27(24(29)17-6-3-2-4-7-17)15-19-8-5-13-26-22(19)23(25)28/h2-9,11,13-14,21H,10,12,15H2,1H3,(H2,25,28)/t21-/m1/s1. The van der Waals surface area contributed by atoms with Crippen LogP contribution in [0.25, 0.3) is 0 Å². The minimum absolute atomic E-state index is 0.0563. The number of nitrogens with two attached hydrogens (primary N) is 1. The van der Waals surface area contributed by atoms with E-state index in [1.807, 2.05) is 41.3 Å². The van der Waals surface area contributed by atoms with Crippen LogP contribution in [0.2, 0.25) is 0 Å². The average Bonchev–Trinajstić information content (AvgIpc) is 3.15. The van der Waals surface area contributed by atoms with Crippen LogP contribution in [0.5, 0.6) is 0 Å². The quantitative estimate of drug-likeness (QED) is 0.725. The zero-order valence-corrected chi connectivity index (χ0v) is 16.3. The molecule has 0 saturated heterocycles. The second-order valence-electron chi connectivity index (χ2n) is 7.43. The van der Waals surface area contributed by atoms with Crippen molar-refractivity contribution in [1.29, 1.82) is 0 Å². The summed E-state index contributed by atoms with van der Waals surface area (Å²) in [4.78, 5) is 31.3. The normalized spacial score (nSPS) is 15.0. The van der Waals surface area contributed by atoms with Crippen LogP contribution < -0.4 is 5.73 Å². The molecule has 2 aromatic carbocycles. The van der Waals surface area contributed by atoms with Crippen LogP contribution in [-0.4, -0.2) is 21.7 Å². The summed E-state index contributed by atoms with van der Waals surface area (Å²) in [6.07, 6.45) is 3.32. The number of fused-ring (bicyclic) bond motifs is 1. The van der Waals surface area contributed by atoms with Crippen molar-refractivity contribution in [2.75, 3.05) is 0 Å². The molecule has 0 spiro atoms. The monoisotopic (exact) mass is 385 g/mol. The van der Waals surface area contributed by atoms with Crippen LogP contribution in [0, 0.1) is 6.92 Å². The number of aromatic nitrogens is 1. The molecule has 5 heteroatoms. The summed E-state index contributed by atoms with van der Waals surface area (Å²) in [6.45, 7) is 2.35. The molecular weight excluding hydrogens is 362 g/mol. The Morgan fingerprint density at radius 2 is 1.90 bits per heavy atom. The highest BCUT2D eigenvalue weighted by atomic mass is 16.2. The molecule has 0 fully saturated rings. The van der Waals surface area contributed by atoms with Gasteiger partial charge in [-0.25, -0.2) is 0 Å². The Morgan fingerprint density at radius 3 is 2.66 bits per heavy atom. The second kappa shape index (κ2) is 7.87. The van der Waals surface area contributed by atoms with Crippen molar-refractivity contribution in [3.8, 4) is 0 Å². The summed E-state index contributed by atoms with van der Waals surface area (Å²) < 4.78 is 0. The van der Waals surface area contributed by atoms with Crippen LogP contribution in [-0.2, 0) is 13.0 Å². The fourth-order valence-electron chi connectivity index (χ4n) is 4.09. The lowest BCUT2D eigenvalue weighted by Crippen LogP contribution is -2.34. The minimum atomic E-state index is -0.588. The van der Waals surface area contributed by atoms with Gasteiger partial charge in [-0.2, -0.15) is 0 Å². The van der Waals surface area contributed by atoms with E-state index in [4.69, 9.17) is 5.73 Å². The molecule has 0 unspecified atom stereocenters. The van der Waals surface area contributed by atoms with E-state index >= 15 is 0 Å². The molecule has 5 nitrogen and oxygen atoms in total. The highest BCUT2D eigenvalue weighted by molar-refractivity contribution is 5.95. The second-order valence-corrected chi connectivity index (χ2v) is 7.43. The summed E-state index contributed by atoms with van der Waals surface area (Å²) in [5, 5.41) is 0. The molecule has 146 valence electrons. The van der Waals surface area contributed by atoms with Crippen molar-refractivity contribution in [1.82, 2.24) is 9.88 Å². The van der Waals surface area contributed by atoms with E-state index in [1.165, 1.54) is 16.7 Å². The Bertz CT molecular complexity index is 1060. The smallest absolute Gasteiger partial charge is 0.267 e. The van der Waals surface area contributed by atoms with Gasteiger partial charge < -0.3 is 10.6 Å². The van der Waals surface area contributed by atoms with Gasteiger partial charge in [0.15, 0.2) is 0 Å². The molecule has 0 radical (unpaired) electrons. The zero-order chi connectivity index (χ0) is 20.4. The van der Waals surface area contributed by atoms with Crippen LogP contribution in [0.1, 0.15) is 55.6 Å². The number of carbonyl (C=O) groups is 2. The van der Waals surface area contributed by atoms with Gasteiger partial charge in [-0.1, -0.05) is 48.0 Å². The summed E-state index contributed by atoms with van der Waals surface area (Å²) in [5.74, 6) is -0.654. The number of hydrogen-bond donors (Lipinski definition) is 1. The highest BCUT2D eigenvalue weighted by Gasteiger charge is 2.32. The van der Waals surface area contributed by atoms with Crippen LogP contribution in [0.15, 0.2) is 66.9 Å². The topological polar surface area (TPSA) is 76.3 Å². The first-order valence-corrected chi connectivity index (χ1v) is 9.73. The predicted octanol–water partition coefficient (Wildman–Crippen LogP) is 3.82. The first-order chi connectivity index (χ1) is 14.0. The van der Waals surface area contributed by atoms with Gasteiger partial charge in [0, 0.05) is 23.9 Å². The Morgan fingerprint density at radius 1 is 1.10 bits per heavy atom. The zero-order valence-electron chi connectivity index (χ0n) is 16.3. The SMILES string of the molecule is Cc1ccc2c(c1)CC[C@H]2N(Cc1cccnc1C(N)=O)C(=O)c1ccccc1. The number of primary amides is 1. The molecule has 1 aliphatic rings. The molecule has 0 saturated carbocycles. The number of aryl methyl sites for hydroxylation is 2. The summed E-state index contributed by atoms with van der Waals surface area (Å²) in [7, 11) is 0. The van der Waals surface area contributed by atoms with Gasteiger partial charge in [-0.15, -0.1) is 0 Å².